The second-order valence-electron chi connectivity index (χ2n) is 6.90. The third-order valence-corrected chi connectivity index (χ3v) is 6.15. The topological polar surface area (TPSA) is 63.5 Å². The lowest BCUT2D eigenvalue weighted by atomic mass is 10.2. The summed E-state index contributed by atoms with van der Waals surface area (Å²) in [7, 11) is 1.79. The van der Waals surface area contributed by atoms with Gasteiger partial charge in [0.2, 0.25) is 0 Å². The van der Waals surface area contributed by atoms with Gasteiger partial charge in [0.1, 0.15) is 5.69 Å². The number of hydrogen-bond acceptors (Lipinski definition) is 6. The summed E-state index contributed by atoms with van der Waals surface area (Å²) in [6.07, 6.45) is 2.64. The largest absolute Gasteiger partial charge is 0.379 e. The first kappa shape index (κ1) is 21.7. The van der Waals surface area contributed by atoms with Crippen LogP contribution in [0.25, 0.3) is 10.2 Å². The van der Waals surface area contributed by atoms with Crippen molar-refractivity contribution in [2.24, 2.45) is 7.05 Å². The highest BCUT2D eigenvalue weighted by Gasteiger charge is 2.24. The first-order chi connectivity index (χ1) is 13.7. The number of carbonyl (C=O) groups is 1. The van der Waals surface area contributed by atoms with Gasteiger partial charge in [0, 0.05) is 39.4 Å². The second-order valence-corrected chi connectivity index (χ2v) is 7.91. The van der Waals surface area contributed by atoms with Crippen LogP contribution in [-0.2, 0) is 18.2 Å². The summed E-state index contributed by atoms with van der Waals surface area (Å²) in [4.78, 5) is 22.2. The number of halogens is 1. The number of thiazole rings is 1. The van der Waals surface area contributed by atoms with Crippen LogP contribution in [0.15, 0.2) is 30.5 Å². The van der Waals surface area contributed by atoms with Crippen LogP contribution in [-0.4, -0.2) is 65.0 Å². The van der Waals surface area contributed by atoms with Crippen molar-refractivity contribution < 1.29 is 9.53 Å². The maximum Gasteiger partial charge on any atom is 0.278 e. The predicted molar refractivity (Wildman–Crippen MR) is 118 cm³/mol. The molecule has 1 aromatic carbocycles. The molecule has 1 amide bonds. The molecule has 7 nitrogen and oxygen atoms in total. The Kier molecular flexibility index (Phi) is 7.23. The smallest absolute Gasteiger partial charge is 0.278 e. The van der Waals surface area contributed by atoms with E-state index in [9.17, 15) is 4.79 Å². The molecule has 1 aliphatic rings. The van der Waals surface area contributed by atoms with Gasteiger partial charge in [-0.2, -0.15) is 5.10 Å². The number of fused-ring (bicyclic) bond motifs is 1. The van der Waals surface area contributed by atoms with Gasteiger partial charge in [-0.3, -0.25) is 19.3 Å². The molecule has 1 aliphatic heterocycles. The van der Waals surface area contributed by atoms with Crippen LogP contribution in [0.1, 0.15) is 23.0 Å². The van der Waals surface area contributed by atoms with E-state index in [4.69, 9.17) is 9.72 Å². The monoisotopic (exact) mass is 435 g/mol. The van der Waals surface area contributed by atoms with Crippen molar-refractivity contribution in [1.82, 2.24) is 19.7 Å². The number of carbonyl (C=O) groups excluding carboxylic acids is 1. The van der Waals surface area contributed by atoms with E-state index in [1.165, 1.54) is 5.56 Å². The Labute approximate surface area is 180 Å². The summed E-state index contributed by atoms with van der Waals surface area (Å²) in [5, 5.41) is 4.89. The summed E-state index contributed by atoms with van der Waals surface area (Å²) in [6, 6.07) is 8.08. The van der Waals surface area contributed by atoms with Gasteiger partial charge in [-0.05, 0) is 30.2 Å². The molecule has 1 fully saturated rings. The van der Waals surface area contributed by atoms with E-state index in [0.717, 1.165) is 54.6 Å². The highest BCUT2D eigenvalue weighted by atomic mass is 35.5. The number of ether oxygens (including phenoxy) is 1. The minimum absolute atomic E-state index is 0. The third-order valence-electron chi connectivity index (χ3n) is 5.11. The molecule has 0 aliphatic carbocycles. The number of aryl methyl sites for hydroxylation is 2. The molecule has 29 heavy (non-hydrogen) atoms. The van der Waals surface area contributed by atoms with E-state index >= 15 is 0 Å². The normalized spacial score (nSPS) is 14.7. The third kappa shape index (κ3) is 4.78. The number of benzene rings is 1. The Balaban J connectivity index is 0.00000240. The highest BCUT2D eigenvalue weighted by Crippen LogP contribution is 2.30. The molecule has 0 bridgehead atoms. The van der Waals surface area contributed by atoms with Gasteiger partial charge in [0.15, 0.2) is 5.13 Å². The van der Waals surface area contributed by atoms with Crippen LogP contribution < -0.4 is 4.90 Å². The van der Waals surface area contributed by atoms with Gasteiger partial charge < -0.3 is 4.74 Å². The number of hydrogen-bond donors (Lipinski definition) is 0. The number of rotatable bonds is 6. The second kappa shape index (κ2) is 9.67. The molecule has 0 N–H and O–H groups in total. The Morgan fingerprint density at radius 1 is 1.28 bits per heavy atom. The molecular formula is C20H26ClN5O2S. The summed E-state index contributed by atoms with van der Waals surface area (Å²) in [5.74, 6) is -0.0666. The van der Waals surface area contributed by atoms with Crippen molar-refractivity contribution in [1.29, 1.82) is 0 Å². The fourth-order valence-corrected chi connectivity index (χ4v) is 4.42. The van der Waals surface area contributed by atoms with Gasteiger partial charge in [-0.15, -0.1) is 12.4 Å². The molecule has 3 heterocycles. The van der Waals surface area contributed by atoms with Crippen LogP contribution in [0, 0.1) is 0 Å². The highest BCUT2D eigenvalue weighted by molar-refractivity contribution is 7.22. The molecule has 1 saturated heterocycles. The van der Waals surface area contributed by atoms with Crippen LogP contribution >= 0.6 is 23.7 Å². The van der Waals surface area contributed by atoms with Crippen molar-refractivity contribution in [2.45, 2.75) is 13.3 Å². The van der Waals surface area contributed by atoms with E-state index in [2.05, 4.69) is 29.1 Å². The Bertz CT molecular complexity index is 967. The molecule has 0 atom stereocenters. The predicted octanol–water partition coefficient (Wildman–Crippen LogP) is 2.99. The summed E-state index contributed by atoms with van der Waals surface area (Å²) >= 11 is 1.57. The SMILES string of the molecule is CCc1ccc2nc(N(CCN3CCOCC3)C(=O)c3ccnn3C)sc2c1.Cl. The minimum atomic E-state index is -0.0666. The van der Waals surface area contributed by atoms with Crippen LogP contribution in [0.4, 0.5) is 5.13 Å². The lowest BCUT2D eigenvalue weighted by Gasteiger charge is -2.29. The summed E-state index contributed by atoms with van der Waals surface area (Å²) < 4.78 is 8.16. The molecule has 0 unspecified atom stereocenters. The van der Waals surface area contributed by atoms with Gasteiger partial charge in [-0.25, -0.2) is 4.98 Å². The Morgan fingerprint density at radius 3 is 2.76 bits per heavy atom. The number of amides is 1. The van der Waals surface area contributed by atoms with Gasteiger partial charge in [0.05, 0.1) is 23.4 Å². The zero-order valence-electron chi connectivity index (χ0n) is 16.7. The Hall–Kier alpha value is -2.00. The van der Waals surface area contributed by atoms with Crippen LogP contribution in [0.5, 0.6) is 0 Å². The lowest BCUT2D eigenvalue weighted by molar-refractivity contribution is 0.0391. The zero-order chi connectivity index (χ0) is 19.5. The van der Waals surface area contributed by atoms with E-state index < -0.39 is 0 Å². The van der Waals surface area contributed by atoms with Crippen molar-refractivity contribution in [2.75, 3.05) is 44.3 Å². The van der Waals surface area contributed by atoms with E-state index in [1.54, 1.807) is 40.2 Å². The van der Waals surface area contributed by atoms with Crippen LogP contribution in [0.2, 0.25) is 0 Å². The van der Waals surface area contributed by atoms with E-state index in [0.29, 0.717) is 12.2 Å². The Morgan fingerprint density at radius 2 is 2.07 bits per heavy atom. The molecule has 3 aromatic rings. The maximum atomic E-state index is 13.3. The van der Waals surface area contributed by atoms with Crippen molar-refractivity contribution in [3.63, 3.8) is 0 Å². The molecule has 2 aromatic heterocycles. The van der Waals surface area contributed by atoms with Crippen molar-refractivity contribution >= 4 is 45.0 Å². The number of morpholine rings is 1. The lowest BCUT2D eigenvalue weighted by Crippen LogP contribution is -2.43. The van der Waals surface area contributed by atoms with E-state index in [1.807, 2.05) is 6.07 Å². The van der Waals surface area contributed by atoms with Gasteiger partial charge >= 0.3 is 0 Å². The summed E-state index contributed by atoms with van der Waals surface area (Å²) in [5.41, 5.74) is 2.78. The van der Waals surface area contributed by atoms with Crippen molar-refractivity contribution in [3.05, 3.63) is 41.7 Å². The van der Waals surface area contributed by atoms with Gasteiger partial charge in [-0.1, -0.05) is 24.3 Å². The molecule has 0 saturated carbocycles. The average Bonchev–Trinajstić information content (AvgIpc) is 3.34. The van der Waals surface area contributed by atoms with E-state index in [-0.39, 0.29) is 18.3 Å². The number of anilines is 1. The first-order valence-corrected chi connectivity index (χ1v) is 10.5. The van der Waals surface area contributed by atoms with Gasteiger partial charge in [0.25, 0.3) is 5.91 Å². The zero-order valence-corrected chi connectivity index (χ0v) is 18.3. The van der Waals surface area contributed by atoms with Crippen LogP contribution in [0.3, 0.4) is 0 Å². The fraction of sp³-hybridized carbons (Fsp3) is 0.450. The molecular weight excluding hydrogens is 410 g/mol. The number of aromatic nitrogens is 3. The minimum Gasteiger partial charge on any atom is -0.379 e. The standard InChI is InChI=1S/C20H25N5O2S.ClH/c1-3-15-4-5-16-18(14-15)28-20(22-16)25(9-8-24-10-12-27-13-11-24)19(26)17-6-7-21-23(17)2;/h4-7,14H,3,8-13H2,1-2H3;1H. The first-order valence-electron chi connectivity index (χ1n) is 9.65. The molecule has 9 heteroatoms. The molecule has 0 spiro atoms. The molecule has 0 radical (unpaired) electrons. The maximum absolute atomic E-state index is 13.3. The molecule has 156 valence electrons. The average molecular weight is 436 g/mol. The molecule has 4 rings (SSSR count). The summed E-state index contributed by atoms with van der Waals surface area (Å²) in [6.45, 7) is 6.81. The van der Waals surface area contributed by atoms with Crippen molar-refractivity contribution in [3.8, 4) is 0 Å². The quantitative estimate of drug-likeness (QED) is 0.595. The number of nitrogens with zero attached hydrogens (tertiary/aromatic N) is 5. The fourth-order valence-electron chi connectivity index (χ4n) is 3.36.